The van der Waals surface area contributed by atoms with E-state index in [1.165, 1.54) is 0 Å². The summed E-state index contributed by atoms with van der Waals surface area (Å²) in [7, 11) is 0. The molecule has 5 radical (unpaired) electrons. The molecule has 0 aromatic heterocycles. The van der Waals surface area contributed by atoms with Crippen molar-refractivity contribution in [2.24, 2.45) is 0 Å². The molecule has 0 aliphatic carbocycles. The van der Waals surface area contributed by atoms with Crippen LogP contribution >= 0.6 is 0 Å². The van der Waals surface area contributed by atoms with Crippen LogP contribution in [0, 0.1) is 0 Å². The molecule has 0 unspecified atom stereocenters. The van der Waals surface area contributed by atoms with Crippen LogP contribution in [0.15, 0.2) is 0 Å². The van der Waals surface area contributed by atoms with Crippen LogP contribution < -0.4 is 0 Å². The van der Waals surface area contributed by atoms with Gasteiger partial charge in [0.25, 0.3) is 5.97 Å². The molecule has 0 fully saturated rings. The smallest absolute Gasteiger partial charge is 0.300 e. The van der Waals surface area contributed by atoms with Crippen molar-refractivity contribution in [2.45, 2.75) is 6.92 Å². The van der Waals surface area contributed by atoms with Gasteiger partial charge in [-0.05, 0) is 0 Å². The fourth-order valence-electron chi connectivity index (χ4n) is 0. The monoisotopic (exact) mass is 175 g/mol. The average molecular weight is 175 g/mol. The second-order valence-electron chi connectivity index (χ2n) is 0.519. The van der Waals surface area contributed by atoms with Crippen molar-refractivity contribution < 1.29 is 9.90 Å². The summed E-state index contributed by atoms with van der Waals surface area (Å²) < 4.78 is 0. The molecule has 0 aromatic carbocycles. The van der Waals surface area contributed by atoms with E-state index in [2.05, 4.69) is 0 Å². The molecule has 0 atom stereocenters. The van der Waals surface area contributed by atoms with Crippen LogP contribution in [0.25, 0.3) is 0 Å². The predicted octanol–water partition coefficient (Wildman–Crippen LogP) is -1.81. The van der Waals surface area contributed by atoms with Gasteiger partial charge in [0.1, 0.15) is 0 Å². The molecule has 0 aliphatic rings. The number of carbonyl (C=O) groups is 1. The Morgan fingerprint density at radius 3 is 1.00 bits per heavy atom. The Bertz CT molecular complexity index is 35.9. The number of hydrogen-bond donors (Lipinski definition) is 1. The van der Waals surface area contributed by atoms with Crippen molar-refractivity contribution in [2.75, 3.05) is 0 Å². The Labute approximate surface area is 166 Å². The van der Waals surface area contributed by atoms with Crippen molar-refractivity contribution in [3.63, 3.8) is 0 Å². The van der Waals surface area contributed by atoms with E-state index in [-0.39, 0.29) is 148 Å². The number of hydrogen-bond acceptors (Lipinski definition) is 1. The molecular formula is C2H4Na5O2. The molecule has 0 saturated heterocycles. The maximum absolute atomic E-state index is 9.00. The maximum Gasteiger partial charge on any atom is 0.300 e. The van der Waals surface area contributed by atoms with Crippen molar-refractivity contribution in [3.8, 4) is 0 Å². The minimum atomic E-state index is -0.833. The molecule has 0 heterocycles. The Balaban J connectivity index is -0.00000000450. The third-order valence-corrected chi connectivity index (χ3v) is 0. The van der Waals surface area contributed by atoms with Gasteiger partial charge in [0.05, 0.1) is 0 Å². The minimum absolute atomic E-state index is 0. The van der Waals surface area contributed by atoms with Crippen LogP contribution in [0.1, 0.15) is 6.92 Å². The number of carboxylic acids is 1. The second-order valence-corrected chi connectivity index (χ2v) is 0.519. The first-order chi connectivity index (χ1) is 1.73. The van der Waals surface area contributed by atoms with Gasteiger partial charge in [0, 0.05) is 155 Å². The van der Waals surface area contributed by atoms with Crippen LogP contribution in [0.3, 0.4) is 0 Å². The predicted molar refractivity (Wildman–Crippen MR) is 42.1 cm³/mol. The van der Waals surface area contributed by atoms with E-state index >= 15 is 0 Å². The summed E-state index contributed by atoms with van der Waals surface area (Å²) in [5.74, 6) is -0.833. The Morgan fingerprint density at radius 1 is 1.00 bits per heavy atom. The molecule has 0 rings (SSSR count). The van der Waals surface area contributed by atoms with Gasteiger partial charge < -0.3 is 5.11 Å². The number of aliphatic carboxylic acids is 1. The third-order valence-electron chi connectivity index (χ3n) is 0. The summed E-state index contributed by atoms with van der Waals surface area (Å²) in [6.07, 6.45) is 0. The van der Waals surface area contributed by atoms with E-state index in [9.17, 15) is 0 Å². The number of rotatable bonds is 0. The zero-order valence-corrected chi connectivity index (χ0v) is 17.4. The molecule has 0 amide bonds. The van der Waals surface area contributed by atoms with Crippen LogP contribution in [0.2, 0.25) is 0 Å². The SMILES string of the molecule is CC(=O)O.[Na].[Na].[Na].[Na].[Na]. The van der Waals surface area contributed by atoms with Gasteiger partial charge in [-0.25, -0.2) is 0 Å². The first-order valence-electron chi connectivity index (χ1n) is 0.928. The summed E-state index contributed by atoms with van der Waals surface area (Å²) in [5.41, 5.74) is 0. The maximum atomic E-state index is 9.00. The molecule has 1 N–H and O–H groups in total. The summed E-state index contributed by atoms with van der Waals surface area (Å²) in [6, 6.07) is 0. The standard InChI is InChI=1S/C2H4O2.5Na/c1-2(3)4;;;;;/h1H3,(H,3,4);;;;;. The van der Waals surface area contributed by atoms with Crippen LogP contribution in [0.5, 0.6) is 0 Å². The van der Waals surface area contributed by atoms with Crippen LogP contribution in [-0.2, 0) is 4.79 Å². The molecule has 0 spiro atoms. The van der Waals surface area contributed by atoms with E-state index in [4.69, 9.17) is 9.90 Å². The van der Waals surface area contributed by atoms with E-state index in [0.29, 0.717) is 0 Å². The molecule has 0 aliphatic heterocycles. The van der Waals surface area contributed by atoms with Crippen molar-refractivity contribution in [3.05, 3.63) is 0 Å². The largest absolute Gasteiger partial charge is 0.481 e. The Kier molecular flexibility index (Phi) is 123. The van der Waals surface area contributed by atoms with E-state index in [1.54, 1.807) is 0 Å². The fraction of sp³-hybridized carbons (Fsp3) is 0.500. The third kappa shape index (κ3) is 68.4. The summed E-state index contributed by atoms with van der Waals surface area (Å²) in [6.45, 7) is 1.08. The van der Waals surface area contributed by atoms with Gasteiger partial charge in [-0.1, -0.05) is 0 Å². The van der Waals surface area contributed by atoms with Gasteiger partial charge in [-0.15, -0.1) is 0 Å². The van der Waals surface area contributed by atoms with Gasteiger partial charge in [0.2, 0.25) is 0 Å². The average Bonchev–Trinajstić information content (AvgIpc) is 0.811. The quantitative estimate of drug-likeness (QED) is 0.440. The topological polar surface area (TPSA) is 37.3 Å². The summed E-state index contributed by atoms with van der Waals surface area (Å²) in [4.78, 5) is 9.00. The van der Waals surface area contributed by atoms with E-state index in [0.717, 1.165) is 6.92 Å². The fourth-order valence-corrected chi connectivity index (χ4v) is 0. The first-order valence-corrected chi connectivity index (χ1v) is 0.928. The molecule has 7 heteroatoms. The molecule has 0 aromatic rings. The van der Waals surface area contributed by atoms with E-state index < -0.39 is 5.97 Å². The minimum Gasteiger partial charge on any atom is -0.481 e. The van der Waals surface area contributed by atoms with Crippen LogP contribution in [-0.4, -0.2) is 159 Å². The zero-order valence-electron chi connectivity index (χ0n) is 7.36. The van der Waals surface area contributed by atoms with Gasteiger partial charge in [-0.3, -0.25) is 4.79 Å². The molecule has 2 nitrogen and oxygen atoms in total. The van der Waals surface area contributed by atoms with Crippen LogP contribution in [0.4, 0.5) is 0 Å². The molecular weight excluding hydrogens is 171 g/mol. The van der Waals surface area contributed by atoms with Crippen molar-refractivity contribution in [1.82, 2.24) is 0 Å². The molecule has 0 bridgehead atoms. The Hall–Kier alpha value is 4.47. The Morgan fingerprint density at radius 2 is 1.00 bits per heavy atom. The summed E-state index contributed by atoms with van der Waals surface area (Å²) >= 11 is 0. The molecule has 0 saturated carbocycles. The first kappa shape index (κ1) is 37.5. The van der Waals surface area contributed by atoms with Gasteiger partial charge >= 0.3 is 0 Å². The van der Waals surface area contributed by atoms with Gasteiger partial charge in [0.15, 0.2) is 0 Å². The molecule has 29 valence electrons. The molecule has 9 heavy (non-hydrogen) atoms. The van der Waals surface area contributed by atoms with Gasteiger partial charge in [-0.2, -0.15) is 0 Å². The summed E-state index contributed by atoms with van der Waals surface area (Å²) in [5, 5.41) is 7.42. The number of carboxylic acid groups (broad SMARTS) is 1. The zero-order chi connectivity index (χ0) is 3.58. The van der Waals surface area contributed by atoms with E-state index in [1.807, 2.05) is 0 Å². The second kappa shape index (κ2) is 29.4. The van der Waals surface area contributed by atoms with Crippen molar-refractivity contribution >= 4 is 154 Å². The normalized spacial score (nSPS) is 2.78. The van der Waals surface area contributed by atoms with Crippen molar-refractivity contribution in [1.29, 1.82) is 0 Å².